The van der Waals surface area contributed by atoms with E-state index in [0.717, 1.165) is 62.3 Å². The van der Waals surface area contributed by atoms with Crippen molar-refractivity contribution in [1.29, 1.82) is 0 Å². The summed E-state index contributed by atoms with van der Waals surface area (Å²) in [4.78, 5) is 14.9. The molecule has 0 N–H and O–H groups in total. The highest BCUT2D eigenvalue weighted by atomic mass is 16.5. The second kappa shape index (κ2) is 6.07. The van der Waals surface area contributed by atoms with Crippen LogP contribution in [0.5, 0.6) is 0 Å². The summed E-state index contributed by atoms with van der Waals surface area (Å²) in [5, 5.41) is 8.58. The summed E-state index contributed by atoms with van der Waals surface area (Å²) in [6.07, 6.45) is 5.50. The molecule has 6 heteroatoms. The van der Waals surface area contributed by atoms with Crippen molar-refractivity contribution in [3.05, 3.63) is 35.0 Å². The van der Waals surface area contributed by atoms with Gasteiger partial charge in [0.15, 0.2) is 5.69 Å². The first-order valence-electron chi connectivity index (χ1n) is 8.90. The average Bonchev–Trinajstić information content (AvgIpc) is 3.22. The Hall–Kier alpha value is -2.11. The van der Waals surface area contributed by atoms with E-state index in [4.69, 9.17) is 4.52 Å². The molecule has 24 heavy (non-hydrogen) atoms. The van der Waals surface area contributed by atoms with Crippen LogP contribution in [0.2, 0.25) is 0 Å². The maximum atomic E-state index is 12.9. The van der Waals surface area contributed by atoms with E-state index >= 15 is 0 Å². The molecule has 2 aromatic heterocycles. The summed E-state index contributed by atoms with van der Waals surface area (Å²) in [6, 6.07) is 4.09. The van der Waals surface area contributed by atoms with Crippen LogP contribution < -0.4 is 0 Å². The molecule has 0 spiro atoms. The van der Waals surface area contributed by atoms with Crippen molar-refractivity contribution in [3.63, 3.8) is 0 Å². The number of aromatic nitrogens is 3. The van der Waals surface area contributed by atoms with E-state index in [0.29, 0.717) is 11.6 Å². The van der Waals surface area contributed by atoms with Gasteiger partial charge >= 0.3 is 0 Å². The van der Waals surface area contributed by atoms with Gasteiger partial charge in [-0.3, -0.25) is 9.48 Å². The number of aryl methyl sites for hydroxylation is 2. The number of carbonyl (C=O) groups is 1. The van der Waals surface area contributed by atoms with Gasteiger partial charge in [0, 0.05) is 24.2 Å². The quantitative estimate of drug-likeness (QED) is 0.865. The lowest BCUT2D eigenvalue weighted by Crippen LogP contribution is -2.46. The maximum absolute atomic E-state index is 12.9. The highest BCUT2D eigenvalue weighted by Crippen LogP contribution is 2.40. The third-order valence-electron chi connectivity index (χ3n) is 5.10. The van der Waals surface area contributed by atoms with E-state index < -0.39 is 0 Å². The van der Waals surface area contributed by atoms with Crippen molar-refractivity contribution < 1.29 is 9.32 Å². The van der Waals surface area contributed by atoms with Crippen LogP contribution in [-0.4, -0.2) is 38.3 Å². The van der Waals surface area contributed by atoms with Gasteiger partial charge in [0.25, 0.3) is 5.91 Å². The van der Waals surface area contributed by atoms with Crippen LogP contribution >= 0.6 is 0 Å². The Labute approximate surface area is 141 Å². The van der Waals surface area contributed by atoms with Gasteiger partial charge in [-0.1, -0.05) is 5.16 Å². The molecule has 2 fully saturated rings. The van der Waals surface area contributed by atoms with Crippen molar-refractivity contribution in [3.8, 4) is 0 Å². The Balaban J connectivity index is 1.52. The Morgan fingerprint density at radius 2 is 2.08 bits per heavy atom. The Kier molecular flexibility index (Phi) is 3.90. The first kappa shape index (κ1) is 15.4. The van der Waals surface area contributed by atoms with Crippen LogP contribution in [0.25, 0.3) is 0 Å². The molecule has 1 saturated heterocycles. The molecule has 1 unspecified atom stereocenters. The predicted octanol–water partition coefficient (Wildman–Crippen LogP) is 3.06. The van der Waals surface area contributed by atoms with E-state index in [1.165, 1.54) is 0 Å². The zero-order valence-electron chi connectivity index (χ0n) is 14.4. The minimum Gasteiger partial charge on any atom is -0.360 e. The van der Waals surface area contributed by atoms with Crippen LogP contribution in [-0.2, 0) is 6.54 Å². The van der Waals surface area contributed by atoms with Crippen molar-refractivity contribution in [2.24, 2.45) is 0 Å². The highest BCUT2D eigenvalue weighted by Gasteiger charge is 2.33. The minimum atomic E-state index is -0.00289. The van der Waals surface area contributed by atoms with Gasteiger partial charge in [-0.05, 0) is 52.0 Å². The normalized spacial score (nSPS) is 21.2. The van der Waals surface area contributed by atoms with Gasteiger partial charge in [0.05, 0.1) is 18.3 Å². The molecule has 128 valence electrons. The zero-order valence-corrected chi connectivity index (χ0v) is 14.4. The summed E-state index contributed by atoms with van der Waals surface area (Å²) >= 11 is 0. The molecule has 0 bridgehead atoms. The number of rotatable bonds is 4. The number of amides is 1. The molecule has 4 rings (SSSR count). The number of carbonyl (C=O) groups excluding carboxylic acids is 1. The fourth-order valence-corrected chi connectivity index (χ4v) is 3.61. The van der Waals surface area contributed by atoms with Crippen LogP contribution in [0, 0.1) is 13.8 Å². The molecule has 2 aromatic rings. The molecule has 1 aliphatic heterocycles. The zero-order chi connectivity index (χ0) is 16.7. The van der Waals surface area contributed by atoms with Crippen molar-refractivity contribution in [2.45, 2.75) is 64.5 Å². The smallest absolute Gasteiger partial charge is 0.276 e. The molecule has 1 saturated carbocycles. The van der Waals surface area contributed by atoms with Gasteiger partial charge in [-0.2, -0.15) is 5.10 Å². The third-order valence-corrected chi connectivity index (χ3v) is 5.10. The monoisotopic (exact) mass is 328 g/mol. The number of hydrogen-bond donors (Lipinski definition) is 0. The summed E-state index contributed by atoms with van der Waals surface area (Å²) in [6.45, 7) is 5.60. The van der Waals surface area contributed by atoms with E-state index in [-0.39, 0.29) is 11.9 Å². The second-order valence-corrected chi connectivity index (χ2v) is 7.15. The summed E-state index contributed by atoms with van der Waals surface area (Å²) in [5.41, 5.74) is 2.62. The van der Waals surface area contributed by atoms with Crippen LogP contribution in [0.3, 0.4) is 0 Å². The van der Waals surface area contributed by atoms with Crippen molar-refractivity contribution in [2.75, 3.05) is 6.54 Å². The molecule has 2 aliphatic rings. The number of nitrogens with zero attached hydrogens (tertiary/aromatic N) is 4. The third kappa shape index (κ3) is 2.97. The van der Waals surface area contributed by atoms with Gasteiger partial charge in [-0.25, -0.2) is 0 Å². The van der Waals surface area contributed by atoms with E-state index in [2.05, 4.69) is 23.2 Å². The number of hydrogen-bond acceptors (Lipinski definition) is 4. The average molecular weight is 328 g/mol. The van der Waals surface area contributed by atoms with E-state index in [1.54, 1.807) is 0 Å². The number of piperidine rings is 1. The van der Waals surface area contributed by atoms with Gasteiger partial charge in [0.2, 0.25) is 0 Å². The van der Waals surface area contributed by atoms with Gasteiger partial charge in [-0.15, -0.1) is 0 Å². The molecular weight excluding hydrogens is 304 g/mol. The summed E-state index contributed by atoms with van der Waals surface area (Å²) < 4.78 is 7.38. The molecule has 1 aliphatic carbocycles. The van der Waals surface area contributed by atoms with Crippen molar-refractivity contribution in [1.82, 2.24) is 19.8 Å². The molecule has 0 radical (unpaired) electrons. The highest BCUT2D eigenvalue weighted by molar-refractivity contribution is 5.92. The topological polar surface area (TPSA) is 64.2 Å². The SMILES string of the molecule is Cc1cc(C)n(CC2CCCCN2C(=O)c2cc(C3CC3)on2)n1. The molecular formula is C18H24N4O2. The van der Waals surface area contributed by atoms with Gasteiger partial charge in [0.1, 0.15) is 5.76 Å². The second-order valence-electron chi connectivity index (χ2n) is 7.15. The largest absolute Gasteiger partial charge is 0.360 e. The van der Waals surface area contributed by atoms with E-state index in [1.807, 2.05) is 22.6 Å². The fraction of sp³-hybridized carbons (Fsp3) is 0.611. The Morgan fingerprint density at radius 3 is 2.79 bits per heavy atom. The first-order chi connectivity index (χ1) is 11.6. The Bertz CT molecular complexity index is 744. The molecule has 6 nitrogen and oxygen atoms in total. The lowest BCUT2D eigenvalue weighted by atomic mass is 10.0. The summed E-state index contributed by atoms with van der Waals surface area (Å²) in [7, 11) is 0. The minimum absolute atomic E-state index is 0.00289. The van der Waals surface area contributed by atoms with Crippen LogP contribution in [0.15, 0.2) is 16.7 Å². The fourth-order valence-electron chi connectivity index (χ4n) is 3.61. The maximum Gasteiger partial charge on any atom is 0.276 e. The van der Waals surface area contributed by atoms with Crippen LogP contribution in [0.1, 0.15) is 65.7 Å². The standard InChI is InChI=1S/C18H24N4O2/c1-12-9-13(2)22(19-12)11-15-5-3-4-8-21(15)18(23)16-10-17(24-20-16)14-6-7-14/h9-10,14-15H,3-8,11H2,1-2H3. The van der Waals surface area contributed by atoms with Crippen molar-refractivity contribution >= 4 is 5.91 Å². The predicted molar refractivity (Wildman–Crippen MR) is 88.9 cm³/mol. The number of likely N-dealkylation sites (tertiary alicyclic amines) is 1. The lowest BCUT2D eigenvalue weighted by Gasteiger charge is -2.35. The van der Waals surface area contributed by atoms with Crippen LogP contribution in [0.4, 0.5) is 0 Å². The first-order valence-corrected chi connectivity index (χ1v) is 8.90. The molecule has 3 heterocycles. The molecule has 0 aromatic carbocycles. The summed E-state index contributed by atoms with van der Waals surface area (Å²) in [5.74, 6) is 1.34. The lowest BCUT2D eigenvalue weighted by molar-refractivity contribution is 0.0572. The Morgan fingerprint density at radius 1 is 1.25 bits per heavy atom. The van der Waals surface area contributed by atoms with Gasteiger partial charge < -0.3 is 9.42 Å². The van der Waals surface area contributed by atoms with E-state index in [9.17, 15) is 4.79 Å². The molecule has 1 amide bonds. The molecule has 1 atom stereocenters.